The van der Waals surface area contributed by atoms with E-state index in [2.05, 4.69) is 5.10 Å². The summed E-state index contributed by atoms with van der Waals surface area (Å²) in [7, 11) is 0. The van der Waals surface area contributed by atoms with Gasteiger partial charge >= 0.3 is 6.18 Å². The summed E-state index contributed by atoms with van der Waals surface area (Å²) >= 11 is 0. The molecule has 1 aliphatic rings. The molecule has 5 nitrogen and oxygen atoms in total. The van der Waals surface area contributed by atoms with Crippen molar-refractivity contribution in [1.29, 1.82) is 0 Å². The molecular formula is C20H22F3N3O2. The first kappa shape index (κ1) is 20.1. The Balaban J connectivity index is 2.10. The zero-order valence-corrected chi connectivity index (χ0v) is 15.8. The van der Waals surface area contributed by atoms with Gasteiger partial charge in [-0.2, -0.15) is 18.3 Å². The van der Waals surface area contributed by atoms with Crippen LogP contribution in [0.25, 0.3) is 5.69 Å². The van der Waals surface area contributed by atoms with Gasteiger partial charge in [0.15, 0.2) is 5.69 Å². The lowest BCUT2D eigenvalue weighted by Gasteiger charge is -2.34. The molecule has 1 saturated heterocycles. The van der Waals surface area contributed by atoms with Crippen molar-refractivity contribution in [3.8, 4) is 5.69 Å². The number of aromatic nitrogens is 2. The molecule has 0 spiro atoms. The van der Waals surface area contributed by atoms with E-state index in [1.807, 2.05) is 6.92 Å². The maximum absolute atomic E-state index is 13.4. The fourth-order valence-corrected chi connectivity index (χ4v) is 3.67. The Labute approximate surface area is 160 Å². The Morgan fingerprint density at radius 1 is 1.25 bits per heavy atom. The van der Waals surface area contributed by atoms with E-state index in [4.69, 9.17) is 0 Å². The van der Waals surface area contributed by atoms with Crippen molar-refractivity contribution in [1.82, 2.24) is 14.7 Å². The molecule has 1 aromatic heterocycles. The van der Waals surface area contributed by atoms with Gasteiger partial charge in [0.25, 0.3) is 5.91 Å². The monoisotopic (exact) mass is 393 g/mol. The van der Waals surface area contributed by atoms with Gasteiger partial charge in [-0.15, -0.1) is 0 Å². The molecule has 3 rings (SSSR count). The number of alkyl halides is 3. The van der Waals surface area contributed by atoms with Gasteiger partial charge in [0, 0.05) is 24.3 Å². The van der Waals surface area contributed by atoms with E-state index in [-0.39, 0.29) is 23.1 Å². The number of nitrogens with zero attached hydrogens (tertiary/aromatic N) is 3. The Bertz CT molecular complexity index is 937. The number of rotatable bonds is 3. The topological polar surface area (TPSA) is 55.2 Å². The number of likely N-dealkylation sites (tertiary alicyclic amines) is 1. The summed E-state index contributed by atoms with van der Waals surface area (Å²) in [5, 5.41) is 4.07. The average Bonchev–Trinajstić information content (AvgIpc) is 2.67. The van der Waals surface area contributed by atoms with Gasteiger partial charge < -0.3 is 4.90 Å². The second-order valence-corrected chi connectivity index (χ2v) is 6.98. The van der Waals surface area contributed by atoms with Crippen molar-refractivity contribution in [2.24, 2.45) is 0 Å². The standard InChI is InChI=1S/C20H22F3N3O2/c1-3-14-8-6-7-11-25(14)19(28)18-17(27)12-13(2)26(24-18)16-10-5-4-9-15(16)20(21,22)23/h4-5,9-10,12,14H,3,6-8,11H2,1-2H3. The zero-order chi connectivity index (χ0) is 20.5. The third-order valence-corrected chi connectivity index (χ3v) is 5.11. The smallest absolute Gasteiger partial charge is 0.334 e. The molecule has 150 valence electrons. The molecule has 0 bridgehead atoms. The molecule has 0 N–H and O–H groups in total. The second-order valence-electron chi connectivity index (χ2n) is 6.98. The lowest BCUT2D eigenvalue weighted by Crippen LogP contribution is -2.45. The molecule has 1 atom stereocenters. The number of amides is 1. The van der Waals surface area contributed by atoms with Gasteiger partial charge in [-0.05, 0) is 44.7 Å². The number of halogens is 3. The van der Waals surface area contributed by atoms with Crippen LogP contribution in [0.2, 0.25) is 0 Å². The van der Waals surface area contributed by atoms with Crippen LogP contribution in [0.4, 0.5) is 13.2 Å². The first-order valence-corrected chi connectivity index (χ1v) is 9.32. The lowest BCUT2D eigenvalue weighted by atomic mass is 9.99. The van der Waals surface area contributed by atoms with Crippen LogP contribution >= 0.6 is 0 Å². The van der Waals surface area contributed by atoms with Crippen LogP contribution in [0.5, 0.6) is 0 Å². The summed E-state index contributed by atoms with van der Waals surface area (Å²) < 4.78 is 41.3. The maximum atomic E-state index is 13.4. The number of benzene rings is 1. The fraction of sp³-hybridized carbons (Fsp3) is 0.450. The highest BCUT2D eigenvalue weighted by atomic mass is 19.4. The second kappa shape index (κ2) is 7.77. The minimum absolute atomic E-state index is 0.0136. The minimum atomic E-state index is -4.59. The van der Waals surface area contributed by atoms with Crippen LogP contribution in [0.1, 0.15) is 54.4 Å². The highest BCUT2D eigenvalue weighted by molar-refractivity contribution is 5.92. The normalized spacial score (nSPS) is 17.6. The van der Waals surface area contributed by atoms with E-state index < -0.39 is 23.1 Å². The summed E-state index contributed by atoms with van der Waals surface area (Å²) in [5.41, 5.74) is -1.79. The Morgan fingerprint density at radius 3 is 2.64 bits per heavy atom. The molecule has 28 heavy (non-hydrogen) atoms. The number of para-hydroxylation sites is 1. The SMILES string of the molecule is CCC1CCCCN1C(=O)c1nn(-c2ccccc2C(F)(F)F)c(C)cc1=O. The summed E-state index contributed by atoms with van der Waals surface area (Å²) in [6.45, 7) is 3.98. The molecule has 0 aliphatic carbocycles. The van der Waals surface area contributed by atoms with Gasteiger partial charge in [-0.3, -0.25) is 9.59 Å². The molecule has 0 saturated carbocycles. The van der Waals surface area contributed by atoms with Crippen LogP contribution in [0.15, 0.2) is 35.1 Å². The molecule has 1 aliphatic heterocycles. The molecule has 0 radical (unpaired) electrons. The van der Waals surface area contributed by atoms with Crippen molar-refractivity contribution in [2.75, 3.05) is 6.54 Å². The summed E-state index contributed by atoms with van der Waals surface area (Å²) in [6, 6.07) is 6.15. The molecule has 1 amide bonds. The summed E-state index contributed by atoms with van der Waals surface area (Å²) in [6.07, 6.45) is -1.15. The van der Waals surface area contributed by atoms with E-state index in [0.29, 0.717) is 6.54 Å². The van der Waals surface area contributed by atoms with Gasteiger partial charge in [-0.25, -0.2) is 4.68 Å². The molecule has 2 aromatic rings. The Hall–Kier alpha value is -2.64. The first-order valence-electron chi connectivity index (χ1n) is 9.32. The number of carbonyl (C=O) groups is 1. The molecule has 2 heterocycles. The van der Waals surface area contributed by atoms with Crippen LogP contribution in [-0.4, -0.2) is 33.2 Å². The van der Waals surface area contributed by atoms with Crippen molar-refractivity contribution in [2.45, 2.75) is 51.7 Å². The number of carbonyl (C=O) groups excluding carboxylic acids is 1. The van der Waals surface area contributed by atoms with E-state index in [1.165, 1.54) is 25.1 Å². The Morgan fingerprint density at radius 2 is 1.96 bits per heavy atom. The third-order valence-electron chi connectivity index (χ3n) is 5.11. The van der Waals surface area contributed by atoms with Crippen molar-refractivity contribution in [3.05, 3.63) is 57.5 Å². The van der Waals surface area contributed by atoms with Crippen molar-refractivity contribution >= 4 is 5.91 Å². The highest BCUT2D eigenvalue weighted by Gasteiger charge is 2.35. The zero-order valence-electron chi connectivity index (χ0n) is 15.8. The van der Waals surface area contributed by atoms with Crippen LogP contribution in [0.3, 0.4) is 0 Å². The van der Waals surface area contributed by atoms with E-state index in [1.54, 1.807) is 4.90 Å². The molecule has 1 unspecified atom stereocenters. The third kappa shape index (κ3) is 3.81. The predicted molar refractivity (Wildman–Crippen MR) is 98.5 cm³/mol. The quantitative estimate of drug-likeness (QED) is 0.793. The van der Waals surface area contributed by atoms with Gasteiger partial charge in [-0.1, -0.05) is 19.1 Å². The van der Waals surface area contributed by atoms with Gasteiger partial charge in [0.1, 0.15) is 0 Å². The maximum Gasteiger partial charge on any atom is 0.418 e. The Kier molecular flexibility index (Phi) is 5.58. The van der Waals surface area contributed by atoms with Crippen LogP contribution in [-0.2, 0) is 6.18 Å². The largest absolute Gasteiger partial charge is 0.418 e. The van der Waals surface area contributed by atoms with Crippen LogP contribution in [0, 0.1) is 6.92 Å². The fourth-order valence-electron chi connectivity index (χ4n) is 3.67. The van der Waals surface area contributed by atoms with Crippen molar-refractivity contribution in [3.63, 3.8) is 0 Å². The van der Waals surface area contributed by atoms with Crippen molar-refractivity contribution < 1.29 is 18.0 Å². The highest BCUT2D eigenvalue weighted by Crippen LogP contribution is 2.33. The van der Waals surface area contributed by atoms with Gasteiger partial charge in [0.2, 0.25) is 5.43 Å². The number of piperidine rings is 1. The summed E-state index contributed by atoms with van der Waals surface area (Å²) in [5.74, 6) is -0.519. The minimum Gasteiger partial charge on any atom is -0.334 e. The molecule has 1 aromatic carbocycles. The van der Waals surface area contributed by atoms with E-state index in [0.717, 1.165) is 42.5 Å². The molecule has 1 fully saturated rings. The molecular weight excluding hydrogens is 371 g/mol. The van der Waals surface area contributed by atoms with E-state index >= 15 is 0 Å². The lowest BCUT2D eigenvalue weighted by molar-refractivity contribution is -0.137. The number of hydrogen-bond acceptors (Lipinski definition) is 3. The molecule has 8 heteroatoms. The number of hydrogen-bond donors (Lipinski definition) is 0. The predicted octanol–water partition coefficient (Wildman–Crippen LogP) is 3.96. The first-order chi connectivity index (χ1) is 13.2. The summed E-state index contributed by atoms with van der Waals surface area (Å²) in [4.78, 5) is 27.1. The average molecular weight is 393 g/mol. The van der Waals surface area contributed by atoms with E-state index in [9.17, 15) is 22.8 Å². The number of aryl methyl sites for hydroxylation is 1. The van der Waals surface area contributed by atoms with Gasteiger partial charge in [0.05, 0.1) is 11.3 Å². The van der Waals surface area contributed by atoms with Crippen LogP contribution < -0.4 is 5.43 Å².